The van der Waals surface area contributed by atoms with Crippen LogP contribution in [0.25, 0.3) is 0 Å². The Morgan fingerprint density at radius 1 is 1.25 bits per heavy atom. The zero-order chi connectivity index (χ0) is 14.4. The number of unbranched alkanes of at least 4 members (excludes halogenated alkanes) is 4. The lowest BCUT2D eigenvalue weighted by Crippen LogP contribution is -2.21. The van der Waals surface area contributed by atoms with Crippen LogP contribution in [0, 0.1) is 0 Å². The molecule has 1 unspecified atom stereocenters. The van der Waals surface area contributed by atoms with Gasteiger partial charge in [-0.15, -0.1) is 0 Å². The molecule has 4 nitrogen and oxygen atoms in total. The van der Waals surface area contributed by atoms with E-state index in [1.165, 1.54) is 19.3 Å². The van der Waals surface area contributed by atoms with Crippen LogP contribution in [0.3, 0.4) is 0 Å². The molecule has 4 heteroatoms. The quantitative estimate of drug-likeness (QED) is 0.741. The van der Waals surface area contributed by atoms with Gasteiger partial charge in [-0.25, -0.2) is 0 Å². The minimum Gasteiger partial charge on any atom is -0.454 e. The molecule has 1 heterocycles. The summed E-state index contributed by atoms with van der Waals surface area (Å²) >= 11 is 0. The van der Waals surface area contributed by atoms with Gasteiger partial charge in [0, 0.05) is 5.56 Å². The Morgan fingerprint density at radius 2 is 2.05 bits per heavy atom. The van der Waals surface area contributed by atoms with E-state index in [0.717, 1.165) is 24.8 Å². The van der Waals surface area contributed by atoms with E-state index in [4.69, 9.17) is 15.2 Å². The van der Waals surface area contributed by atoms with Crippen molar-refractivity contribution in [2.75, 3.05) is 6.79 Å². The van der Waals surface area contributed by atoms with Gasteiger partial charge < -0.3 is 15.2 Å². The molecule has 110 valence electrons. The Labute approximate surface area is 120 Å². The second-order valence-electron chi connectivity index (χ2n) is 5.24. The van der Waals surface area contributed by atoms with Gasteiger partial charge in [0.2, 0.25) is 12.7 Å². The van der Waals surface area contributed by atoms with E-state index in [9.17, 15) is 4.79 Å². The van der Waals surface area contributed by atoms with E-state index >= 15 is 0 Å². The van der Waals surface area contributed by atoms with Crippen LogP contribution in [0.4, 0.5) is 0 Å². The number of carbonyl (C=O) groups is 1. The molecule has 0 spiro atoms. The SMILES string of the molecule is CCCCCCCC(C(N)=O)c1cccc2c1OCO2. The minimum atomic E-state index is -0.288. The van der Waals surface area contributed by atoms with Crippen molar-refractivity contribution in [3.63, 3.8) is 0 Å². The van der Waals surface area contributed by atoms with E-state index in [1.807, 2.05) is 18.2 Å². The molecular formula is C16H23NO3. The first kappa shape index (κ1) is 14.7. The fourth-order valence-electron chi connectivity index (χ4n) is 2.63. The van der Waals surface area contributed by atoms with Crippen LogP contribution >= 0.6 is 0 Å². The van der Waals surface area contributed by atoms with E-state index < -0.39 is 0 Å². The van der Waals surface area contributed by atoms with Gasteiger partial charge in [0.25, 0.3) is 0 Å². The summed E-state index contributed by atoms with van der Waals surface area (Å²) < 4.78 is 10.8. The van der Waals surface area contributed by atoms with Crippen LogP contribution in [0.5, 0.6) is 11.5 Å². The highest BCUT2D eigenvalue weighted by Gasteiger charge is 2.26. The minimum absolute atomic E-state index is 0.217. The van der Waals surface area contributed by atoms with Crippen molar-refractivity contribution in [1.82, 2.24) is 0 Å². The molecule has 1 aliphatic rings. The average Bonchev–Trinajstić information content (AvgIpc) is 2.91. The topological polar surface area (TPSA) is 61.6 Å². The lowest BCUT2D eigenvalue weighted by atomic mass is 9.91. The first-order valence-corrected chi connectivity index (χ1v) is 7.42. The molecule has 0 aliphatic carbocycles. The lowest BCUT2D eigenvalue weighted by Gasteiger charge is -2.15. The van der Waals surface area contributed by atoms with Gasteiger partial charge in [0.1, 0.15) is 0 Å². The molecule has 1 atom stereocenters. The molecule has 20 heavy (non-hydrogen) atoms. The van der Waals surface area contributed by atoms with Crippen LogP contribution < -0.4 is 15.2 Å². The summed E-state index contributed by atoms with van der Waals surface area (Å²) in [6, 6.07) is 5.65. The van der Waals surface area contributed by atoms with Crippen molar-refractivity contribution in [3.05, 3.63) is 23.8 Å². The fraction of sp³-hybridized carbons (Fsp3) is 0.562. The Hall–Kier alpha value is -1.71. The highest BCUT2D eigenvalue weighted by Crippen LogP contribution is 2.40. The average molecular weight is 277 g/mol. The summed E-state index contributed by atoms with van der Waals surface area (Å²) in [5.74, 6) is 0.822. The zero-order valence-electron chi connectivity index (χ0n) is 12.1. The highest BCUT2D eigenvalue weighted by atomic mass is 16.7. The highest BCUT2D eigenvalue weighted by molar-refractivity contribution is 5.83. The fourth-order valence-corrected chi connectivity index (χ4v) is 2.63. The summed E-state index contributed by atoms with van der Waals surface area (Å²) in [4.78, 5) is 11.7. The molecule has 0 aromatic heterocycles. The van der Waals surface area contributed by atoms with Gasteiger partial charge in [-0.05, 0) is 12.5 Å². The molecule has 2 rings (SSSR count). The first-order chi connectivity index (χ1) is 9.74. The standard InChI is InChI=1S/C16H23NO3/c1-2-3-4-5-6-8-13(16(17)18)12-9-7-10-14-15(12)20-11-19-14/h7,9-10,13H,2-6,8,11H2,1H3,(H2,17,18). The number of benzene rings is 1. The lowest BCUT2D eigenvalue weighted by molar-refractivity contribution is -0.119. The maximum absolute atomic E-state index is 11.7. The van der Waals surface area contributed by atoms with E-state index in [-0.39, 0.29) is 18.6 Å². The van der Waals surface area contributed by atoms with Crippen LogP contribution in [0.2, 0.25) is 0 Å². The Kier molecular flexibility index (Phi) is 5.27. The van der Waals surface area contributed by atoms with Crippen molar-refractivity contribution in [1.29, 1.82) is 0 Å². The van der Waals surface area contributed by atoms with Crippen LogP contribution in [-0.4, -0.2) is 12.7 Å². The predicted octanol–water partition coefficient (Wildman–Crippen LogP) is 3.34. The normalized spacial score (nSPS) is 14.2. The number of hydrogen-bond acceptors (Lipinski definition) is 3. The van der Waals surface area contributed by atoms with Crippen molar-refractivity contribution < 1.29 is 14.3 Å². The molecule has 1 aromatic carbocycles. The van der Waals surface area contributed by atoms with Crippen LogP contribution in [-0.2, 0) is 4.79 Å². The number of para-hydroxylation sites is 1. The predicted molar refractivity (Wildman–Crippen MR) is 77.9 cm³/mol. The Balaban J connectivity index is 2.02. The monoisotopic (exact) mass is 277 g/mol. The van der Waals surface area contributed by atoms with E-state index in [2.05, 4.69) is 6.92 Å². The second-order valence-corrected chi connectivity index (χ2v) is 5.24. The number of hydrogen-bond donors (Lipinski definition) is 1. The number of primary amides is 1. The van der Waals surface area contributed by atoms with Crippen molar-refractivity contribution >= 4 is 5.91 Å². The molecule has 1 amide bonds. The molecule has 0 fully saturated rings. The molecule has 0 bridgehead atoms. The maximum Gasteiger partial charge on any atom is 0.231 e. The van der Waals surface area contributed by atoms with E-state index in [0.29, 0.717) is 11.5 Å². The molecule has 0 saturated heterocycles. The first-order valence-electron chi connectivity index (χ1n) is 7.42. The van der Waals surface area contributed by atoms with Crippen molar-refractivity contribution in [3.8, 4) is 11.5 Å². The largest absolute Gasteiger partial charge is 0.454 e. The Bertz CT molecular complexity index is 459. The molecular weight excluding hydrogens is 254 g/mol. The summed E-state index contributed by atoms with van der Waals surface area (Å²) in [6.45, 7) is 2.41. The Morgan fingerprint density at radius 3 is 2.80 bits per heavy atom. The third kappa shape index (κ3) is 3.44. The third-order valence-corrected chi connectivity index (χ3v) is 3.74. The summed E-state index contributed by atoms with van der Waals surface area (Å²) in [7, 11) is 0. The van der Waals surface area contributed by atoms with Crippen molar-refractivity contribution in [2.45, 2.75) is 51.4 Å². The zero-order valence-corrected chi connectivity index (χ0v) is 12.1. The molecule has 2 N–H and O–H groups in total. The summed E-state index contributed by atoms with van der Waals surface area (Å²) in [6.07, 6.45) is 6.62. The third-order valence-electron chi connectivity index (χ3n) is 3.74. The number of rotatable bonds is 8. The van der Waals surface area contributed by atoms with Crippen LogP contribution in [0.15, 0.2) is 18.2 Å². The molecule has 0 radical (unpaired) electrons. The number of carbonyl (C=O) groups excluding carboxylic acids is 1. The van der Waals surface area contributed by atoms with Gasteiger partial charge in [-0.3, -0.25) is 4.79 Å². The van der Waals surface area contributed by atoms with Gasteiger partial charge >= 0.3 is 0 Å². The summed E-state index contributed by atoms with van der Waals surface area (Å²) in [5, 5.41) is 0. The number of ether oxygens (including phenoxy) is 2. The van der Waals surface area contributed by atoms with Crippen LogP contribution in [0.1, 0.15) is 56.9 Å². The molecule has 1 aliphatic heterocycles. The summed E-state index contributed by atoms with van der Waals surface area (Å²) in [5.41, 5.74) is 6.43. The van der Waals surface area contributed by atoms with Crippen molar-refractivity contribution in [2.24, 2.45) is 5.73 Å². The number of amides is 1. The smallest absolute Gasteiger partial charge is 0.231 e. The van der Waals surface area contributed by atoms with E-state index in [1.54, 1.807) is 0 Å². The van der Waals surface area contributed by atoms with Gasteiger partial charge in [-0.1, -0.05) is 51.2 Å². The van der Waals surface area contributed by atoms with Gasteiger partial charge in [0.15, 0.2) is 11.5 Å². The molecule has 1 aromatic rings. The number of nitrogens with two attached hydrogens (primary N) is 1. The van der Waals surface area contributed by atoms with Gasteiger partial charge in [-0.2, -0.15) is 0 Å². The van der Waals surface area contributed by atoms with Gasteiger partial charge in [0.05, 0.1) is 5.92 Å². The second kappa shape index (κ2) is 7.17. The number of fused-ring (bicyclic) bond motifs is 1. The molecule has 0 saturated carbocycles. The maximum atomic E-state index is 11.7.